The molecule has 0 atom stereocenters. The Labute approximate surface area is 157 Å². The van der Waals surface area contributed by atoms with Crippen LogP contribution >= 0.6 is 15.9 Å². The van der Waals surface area contributed by atoms with Gasteiger partial charge in [-0.15, -0.1) is 0 Å². The van der Waals surface area contributed by atoms with Gasteiger partial charge in [0.1, 0.15) is 5.82 Å². The minimum absolute atomic E-state index is 0.380. The number of nitrogens with zero attached hydrogens (tertiary/aromatic N) is 2. The molecular weight excluding hydrogens is 374 g/mol. The Morgan fingerprint density at radius 3 is 2.28 bits per heavy atom. The van der Waals surface area contributed by atoms with Crippen LogP contribution in [0, 0.1) is 17.8 Å². The first kappa shape index (κ1) is 14.8. The smallest absolute Gasteiger partial charge is 0.133 e. The van der Waals surface area contributed by atoms with Gasteiger partial charge in [-0.2, -0.15) is 5.10 Å². The normalized spacial score (nSPS) is 35.0. The molecule has 0 unspecified atom stereocenters. The molecule has 5 aliphatic rings. The van der Waals surface area contributed by atoms with Crippen molar-refractivity contribution in [1.82, 2.24) is 9.78 Å². The molecule has 25 heavy (non-hydrogen) atoms. The van der Waals surface area contributed by atoms with Crippen molar-refractivity contribution >= 4 is 21.7 Å². The van der Waals surface area contributed by atoms with Gasteiger partial charge in [-0.05, 0) is 87.0 Å². The van der Waals surface area contributed by atoms with Gasteiger partial charge < -0.3 is 5.32 Å². The van der Waals surface area contributed by atoms with E-state index < -0.39 is 0 Å². The van der Waals surface area contributed by atoms with Crippen LogP contribution in [0.2, 0.25) is 0 Å². The molecule has 0 saturated heterocycles. The van der Waals surface area contributed by atoms with Gasteiger partial charge in [0.2, 0.25) is 0 Å². The van der Waals surface area contributed by atoms with Gasteiger partial charge in [0.05, 0.1) is 11.4 Å². The molecule has 0 amide bonds. The van der Waals surface area contributed by atoms with Crippen LogP contribution in [0.15, 0.2) is 28.7 Å². The fourth-order valence-corrected chi connectivity index (χ4v) is 7.03. The summed E-state index contributed by atoms with van der Waals surface area (Å²) in [6, 6.07) is 8.56. The Morgan fingerprint density at radius 1 is 1.00 bits per heavy atom. The van der Waals surface area contributed by atoms with E-state index in [1.54, 1.807) is 0 Å². The van der Waals surface area contributed by atoms with E-state index in [1.807, 2.05) is 0 Å². The number of aromatic nitrogens is 2. The van der Waals surface area contributed by atoms with Gasteiger partial charge in [0, 0.05) is 22.0 Å². The van der Waals surface area contributed by atoms with Gasteiger partial charge in [0.15, 0.2) is 0 Å². The van der Waals surface area contributed by atoms with Crippen molar-refractivity contribution < 1.29 is 0 Å². The molecule has 4 heteroatoms. The maximum absolute atomic E-state index is 5.26. The van der Waals surface area contributed by atoms with Crippen LogP contribution in [0.3, 0.4) is 0 Å². The second-order valence-electron chi connectivity index (χ2n) is 8.94. The van der Waals surface area contributed by atoms with E-state index in [-0.39, 0.29) is 0 Å². The van der Waals surface area contributed by atoms with Crippen molar-refractivity contribution in [3.63, 3.8) is 0 Å². The van der Waals surface area contributed by atoms with Gasteiger partial charge in [-0.25, -0.2) is 4.68 Å². The van der Waals surface area contributed by atoms with Gasteiger partial charge in [-0.1, -0.05) is 15.9 Å². The highest BCUT2D eigenvalue weighted by Gasteiger charge is 2.54. The lowest BCUT2D eigenvalue weighted by Crippen LogP contribution is -2.49. The average Bonchev–Trinajstić information content (AvgIpc) is 3.17. The highest BCUT2D eigenvalue weighted by atomic mass is 79.9. The SMILES string of the molecule is Brc1ccc(-n2nc(C34CC5CC(CC(C5)C3)C4)c3c2NCC3)cc1. The summed E-state index contributed by atoms with van der Waals surface area (Å²) in [6.07, 6.45) is 9.80. The number of halogens is 1. The number of rotatable bonds is 2. The maximum atomic E-state index is 5.26. The largest absolute Gasteiger partial charge is 0.369 e. The van der Waals surface area contributed by atoms with Crippen molar-refractivity contribution in [2.24, 2.45) is 17.8 Å². The molecule has 0 spiro atoms. The highest BCUT2D eigenvalue weighted by molar-refractivity contribution is 9.10. The third-order valence-electron chi connectivity index (χ3n) is 7.26. The van der Waals surface area contributed by atoms with Crippen molar-refractivity contribution in [3.05, 3.63) is 40.0 Å². The monoisotopic (exact) mass is 397 g/mol. The number of nitrogens with one attached hydrogen (secondary N) is 1. The molecule has 4 fully saturated rings. The van der Waals surface area contributed by atoms with Crippen LogP contribution in [-0.2, 0) is 11.8 Å². The fraction of sp³-hybridized carbons (Fsp3) is 0.571. The summed E-state index contributed by atoms with van der Waals surface area (Å²) >= 11 is 3.55. The summed E-state index contributed by atoms with van der Waals surface area (Å²) in [4.78, 5) is 0. The van der Waals surface area contributed by atoms with Crippen molar-refractivity contribution in [2.45, 2.75) is 50.4 Å². The number of fused-ring (bicyclic) bond motifs is 1. The molecule has 4 bridgehead atoms. The van der Waals surface area contributed by atoms with E-state index in [0.717, 1.165) is 35.2 Å². The number of benzene rings is 1. The van der Waals surface area contributed by atoms with Crippen LogP contribution < -0.4 is 5.32 Å². The molecular formula is C21H24BrN3. The first-order valence-electron chi connectivity index (χ1n) is 9.82. The van der Waals surface area contributed by atoms with Gasteiger partial charge in [0.25, 0.3) is 0 Å². The topological polar surface area (TPSA) is 29.9 Å². The van der Waals surface area contributed by atoms with E-state index in [4.69, 9.17) is 5.10 Å². The molecule has 130 valence electrons. The van der Waals surface area contributed by atoms with E-state index >= 15 is 0 Å². The Balaban J connectivity index is 1.49. The Bertz CT molecular complexity index is 800. The summed E-state index contributed by atoms with van der Waals surface area (Å²) in [7, 11) is 0. The summed E-state index contributed by atoms with van der Waals surface area (Å²) in [5.74, 6) is 4.16. The van der Waals surface area contributed by atoms with E-state index in [1.165, 1.54) is 61.3 Å². The first-order chi connectivity index (χ1) is 12.2. The lowest BCUT2D eigenvalue weighted by atomic mass is 9.48. The molecule has 2 aromatic rings. The predicted octanol–water partition coefficient (Wildman–Crippen LogP) is 5.07. The standard InChI is InChI=1S/C21H24BrN3/c22-16-1-3-17(4-2-16)25-20-18(5-6-23-20)19(24-25)21-10-13-7-14(11-21)9-15(8-13)12-21/h1-4,13-15,23H,5-12H2. The van der Waals surface area contributed by atoms with Crippen LogP contribution in [0.5, 0.6) is 0 Å². The zero-order valence-corrected chi connectivity index (χ0v) is 16.1. The third kappa shape index (κ3) is 2.12. The maximum Gasteiger partial charge on any atom is 0.133 e. The number of hydrogen-bond acceptors (Lipinski definition) is 2. The van der Waals surface area contributed by atoms with E-state index in [9.17, 15) is 0 Å². The quantitative estimate of drug-likeness (QED) is 0.766. The molecule has 1 aromatic heterocycles. The minimum Gasteiger partial charge on any atom is -0.369 e. The van der Waals surface area contributed by atoms with Crippen molar-refractivity contribution in [1.29, 1.82) is 0 Å². The summed E-state index contributed by atoms with van der Waals surface area (Å²) < 4.78 is 3.30. The van der Waals surface area contributed by atoms with Crippen LogP contribution in [0.25, 0.3) is 5.69 Å². The number of hydrogen-bond donors (Lipinski definition) is 1. The van der Waals surface area contributed by atoms with Crippen molar-refractivity contribution in [2.75, 3.05) is 11.9 Å². The first-order valence-corrected chi connectivity index (χ1v) is 10.6. The summed E-state index contributed by atoms with van der Waals surface area (Å²) in [5.41, 5.74) is 4.52. The van der Waals surface area contributed by atoms with Crippen molar-refractivity contribution in [3.8, 4) is 5.69 Å². The van der Waals surface area contributed by atoms with Gasteiger partial charge in [-0.3, -0.25) is 0 Å². The highest BCUT2D eigenvalue weighted by Crippen LogP contribution is 2.61. The molecule has 1 N–H and O–H groups in total. The Morgan fingerprint density at radius 2 is 1.64 bits per heavy atom. The zero-order chi connectivity index (χ0) is 16.6. The molecule has 0 radical (unpaired) electrons. The zero-order valence-electron chi connectivity index (χ0n) is 14.5. The van der Waals surface area contributed by atoms with Crippen LogP contribution in [0.4, 0.5) is 5.82 Å². The molecule has 1 aromatic carbocycles. The second-order valence-corrected chi connectivity index (χ2v) is 9.85. The molecule has 1 aliphatic heterocycles. The summed E-state index contributed by atoms with van der Waals surface area (Å²) in [6.45, 7) is 1.06. The Kier molecular flexibility index (Phi) is 3.04. The van der Waals surface area contributed by atoms with Crippen LogP contribution in [0.1, 0.15) is 49.8 Å². The minimum atomic E-state index is 0.380. The Hall–Kier alpha value is -1.29. The fourth-order valence-electron chi connectivity index (χ4n) is 6.77. The number of anilines is 1. The predicted molar refractivity (Wildman–Crippen MR) is 103 cm³/mol. The van der Waals surface area contributed by atoms with Gasteiger partial charge >= 0.3 is 0 Å². The molecule has 4 saturated carbocycles. The van der Waals surface area contributed by atoms with Crippen LogP contribution in [-0.4, -0.2) is 16.3 Å². The molecule has 4 aliphatic carbocycles. The van der Waals surface area contributed by atoms with E-state index in [0.29, 0.717) is 5.41 Å². The average molecular weight is 398 g/mol. The third-order valence-corrected chi connectivity index (χ3v) is 7.79. The van der Waals surface area contributed by atoms with E-state index in [2.05, 4.69) is 50.2 Å². The summed E-state index contributed by atoms with van der Waals surface area (Å²) in [5, 5.41) is 8.88. The molecule has 3 nitrogen and oxygen atoms in total. The molecule has 7 rings (SSSR count). The lowest BCUT2D eigenvalue weighted by Gasteiger charge is -2.56. The molecule has 2 heterocycles. The lowest BCUT2D eigenvalue weighted by molar-refractivity contribution is -0.00770. The second kappa shape index (κ2) is 5.12.